The highest BCUT2D eigenvalue weighted by molar-refractivity contribution is 5.97. The molecule has 2 fully saturated rings. The molecule has 9 heteroatoms. The summed E-state index contributed by atoms with van der Waals surface area (Å²) in [7, 11) is 8.15. The highest BCUT2D eigenvalue weighted by Gasteiger charge is 2.29. The van der Waals surface area contributed by atoms with Crippen LogP contribution in [0.1, 0.15) is 99.8 Å². The Morgan fingerprint density at radius 3 is 1.16 bits per heavy atom. The molecule has 378 valence electrons. The van der Waals surface area contributed by atoms with Gasteiger partial charge >= 0.3 is 5.97 Å². The zero-order valence-corrected chi connectivity index (χ0v) is 43.4. The molecule has 2 aliphatic carbocycles. The Hall–Kier alpha value is -7.52. The molecule has 8 rings (SSSR count). The Morgan fingerprint density at radius 2 is 0.822 bits per heavy atom. The van der Waals surface area contributed by atoms with Crippen LogP contribution in [0.15, 0.2) is 158 Å². The van der Waals surface area contributed by atoms with E-state index >= 15 is 0 Å². The number of allylic oxidation sites excluding steroid dienone is 1. The third-order valence-corrected chi connectivity index (χ3v) is 14.1. The molecule has 0 bridgehead atoms. The van der Waals surface area contributed by atoms with Gasteiger partial charge in [0.05, 0.1) is 13.1 Å². The van der Waals surface area contributed by atoms with Gasteiger partial charge < -0.3 is 24.7 Å². The fourth-order valence-electron chi connectivity index (χ4n) is 9.67. The number of anilines is 4. The predicted molar refractivity (Wildman–Crippen MR) is 302 cm³/mol. The van der Waals surface area contributed by atoms with Gasteiger partial charge in [0, 0.05) is 75.3 Å². The molecular weight excluding hydrogens is 905 g/mol. The number of amides is 2. The van der Waals surface area contributed by atoms with Crippen LogP contribution in [0.2, 0.25) is 0 Å². The smallest absolute Gasteiger partial charge is 0.328 e. The molecule has 1 N–H and O–H groups in total. The van der Waals surface area contributed by atoms with Crippen LogP contribution < -0.4 is 19.6 Å². The van der Waals surface area contributed by atoms with Gasteiger partial charge in [-0.2, -0.15) is 0 Å². The van der Waals surface area contributed by atoms with Gasteiger partial charge in [0.15, 0.2) is 5.78 Å². The Labute approximate surface area is 433 Å². The number of ketones is 1. The molecule has 0 aromatic heterocycles. The van der Waals surface area contributed by atoms with Gasteiger partial charge in [-0.3, -0.25) is 14.4 Å². The normalized spacial score (nSPS) is 14.0. The lowest BCUT2D eigenvalue weighted by molar-refractivity contribution is -0.131. The minimum Gasteiger partial charge on any atom is -0.478 e. The third kappa shape index (κ3) is 15.2. The predicted octanol–water partition coefficient (Wildman–Crippen LogP) is 14.2. The van der Waals surface area contributed by atoms with Crippen molar-refractivity contribution in [2.24, 2.45) is 11.8 Å². The van der Waals surface area contributed by atoms with Crippen molar-refractivity contribution >= 4 is 58.5 Å². The fraction of sp³-hybridized carbons (Fsp3) is 0.312. The summed E-state index contributed by atoms with van der Waals surface area (Å²) in [5.41, 5.74) is 12.5. The lowest BCUT2D eigenvalue weighted by Crippen LogP contribution is -2.36. The zero-order valence-electron chi connectivity index (χ0n) is 43.4. The number of nitrogens with zero attached hydrogens (tertiary/aromatic N) is 4. The first-order valence-electron chi connectivity index (χ1n) is 26.0. The van der Waals surface area contributed by atoms with Crippen LogP contribution in [-0.2, 0) is 32.3 Å². The molecule has 6 aromatic carbocycles. The van der Waals surface area contributed by atoms with E-state index in [4.69, 9.17) is 5.11 Å². The topological polar surface area (TPSA) is 101 Å². The maximum absolute atomic E-state index is 13.8. The van der Waals surface area contributed by atoms with Crippen LogP contribution in [0.25, 0.3) is 34.4 Å². The first-order valence-corrected chi connectivity index (χ1v) is 26.0. The van der Waals surface area contributed by atoms with E-state index in [1.807, 2.05) is 99.5 Å². The third-order valence-electron chi connectivity index (χ3n) is 14.1. The summed E-state index contributed by atoms with van der Waals surface area (Å²) in [6, 6.07) is 49.4. The number of hydrogen-bond donors (Lipinski definition) is 1. The summed E-state index contributed by atoms with van der Waals surface area (Å²) < 4.78 is 0. The number of carbonyl (C=O) groups is 4. The molecule has 0 atom stereocenters. The number of benzene rings is 6. The van der Waals surface area contributed by atoms with Crippen molar-refractivity contribution in [1.82, 2.24) is 0 Å². The van der Waals surface area contributed by atoms with Gasteiger partial charge in [-0.25, -0.2) is 4.79 Å². The van der Waals surface area contributed by atoms with E-state index in [0.717, 1.165) is 113 Å². The maximum Gasteiger partial charge on any atom is 0.328 e. The SMILES string of the molecule is CCC(=O)/C=C/c1cccc(N(Cc2ccc(-c3ccc(N(C)C)cc3)cc2)C(=O)C2CCCCC2)c1.CN(C)c1ccc(-c2ccc(CN(C(=O)C3CCCCC3)c3cccc(/C=C/C(=O)O)c3)cc2)cc1. The second kappa shape index (κ2) is 26.3. The number of aliphatic carboxylic acids is 1. The number of carboxylic acid groups (broad SMARTS) is 1. The molecule has 0 radical (unpaired) electrons. The van der Waals surface area contributed by atoms with E-state index in [2.05, 4.69) is 107 Å². The van der Waals surface area contributed by atoms with Crippen LogP contribution in [0.3, 0.4) is 0 Å². The summed E-state index contributed by atoms with van der Waals surface area (Å²) >= 11 is 0. The Morgan fingerprint density at radius 1 is 0.466 bits per heavy atom. The van der Waals surface area contributed by atoms with Gasteiger partial charge in [0.1, 0.15) is 0 Å². The number of hydrogen-bond acceptors (Lipinski definition) is 6. The number of carboxylic acids is 1. The second-order valence-electron chi connectivity index (χ2n) is 19.8. The molecule has 0 saturated heterocycles. The molecule has 2 amide bonds. The Kier molecular flexibility index (Phi) is 19.2. The largest absolute Gasteiger partial charge is 0.478 e. The molecule has 9 nitrogen and oxygen atoms in total. The van der Waals surface area contributed by atoms with Crippen molar-refractivity contribution in [2.45, 2.75) is 90.6 Å². The number of rotatable bonds is 17. The first kappa shape index (κ1) is 53.3. The molecular formula is C64H72N4O5. The lowest BCUT2D eigenvalue weighted by Gasteiger charge is -2.30. The average molecular weight is 977 g/mol. The maximum atomic E-state index is 13.8. The fourth-order valence-corrected chi connectivity index (χ4v) is 9.67. The molecule has 2 aliphatic rings. The van der Waals surface area contributed by atoms with Crippen LogP contribution in [0.4, 0.5) is 22.7 Å². The van der Waals surface area contributed by atoms with E-state index in [-0.39, 0.29) is 29.4 Å². The highest BCUT2D eigenvalue weighted by Crippen LogP contribution is 2.33. The first-order chi connectivity index (χ1) is 35.3. The van der Waals surface area contributed by atoms with E-state index in [1.165, 1.54) is 24.1 Å². The molecule has 2 saturated carbocycles. The summed E-state index contributed by atoms with van der Waals surface area (Å²) in [5, 5.41) is 9.00. The van der Waals surface area contributed by atoms with Crippen LogP contribution in [-0.4, -0.2) is 56.9 Å². The van der Waals surface area contributed by atoms with Crippen LogP contribution in [0.5, 0.6) is 0 Å². The van der Waals surface area contributed by atoms with Crippen LogP contribution >= 0.6 is 0 Å². The standard InChI is InChI=1S/C33H38N2O2.C31H34N2O3/c1-4-32(36)22-15-25-9-8-12-31(23-25)35(33(37)29-10-6-5-7-11-29)24-26-13-16-27(17-14-26)28-18-20-30(21-19-28)34(2)3;1-32(2)28-18-16-26(17-19-28)25-14-11-24(12-15-25)22-33(31(36)27-8-4-3-5-9-27)29-10-6-7-23(21-29)13-20-30(34)35/h8-9,12-23,29H,4-7,10-11,24H2,1-3H3;6-7,10-21,27H,3-5,8-9,22H2,1-2H3,(H,34,35)/b22-15+;20-13+. The lowest BCUT2D eigenvalue weighted by atomic mass is 9.88. The monoisotopic (exact) mass is 977 g/mol. The van der Waals surface area contributed by atoms with Crippen molar-refractivity contribution in [3.8, 4) is 22.3 Å². The Bertz CT molecular complexity index is 2820. The summed E-state index contributed by atoms with van der Waals surface area (Å²) in [5.74, 6) is -0.439. The Balaban J connectivity index is 0.000000214. The molecule has 73 heavy (non-hydrogen) atoms. The van der Waals surface area contributed by atoms with Gasteiger partial charge in [0.25, 0.3) is 0 Å². The van der Waals surface area contributed by atoms with Gasteiger partial charge in [-0.05, 0) is 131 Å². The highest BCUT2D eigenvalue weighted by atomic mass is 16.4. The van der Waals surface area contributed by atoms with Crippen molar-refractivity contribution in [1.29, 1.82) is 0 Å². The van der Waals surface area contributed by atoms with Gasteiger partial charge in [-0.15, -0.1) is 0 Å². The van der Waals surface area contributed by atoms with Crippen molar-refractivity contribution in [2.75, 3.05) is 47.8 Å². The summed E-state index contributed by atoms with van der Waals surface area (Å²) in [6.45, 7) is 2.86. The summed E-state index contributed by atoms with van der Waals surface area (Å²) in [6.07, 6.45) is 17.2. The zero-order chi connectivity index (χ0) is 51.7. The van der Waals surface area contributed by atoms with E-state index < -0.39 is 5.97 Å². The van der Waals surface area contributed by atoms with Crippen molar-refractivity contribution in [3.05, 3.63) is 180 Å². The molecule has 0 spiro atoms. The second-order valence-corrected chi connectivity index (χ2v) is 19.8. The van der Waals surface area contributed by atoms with E-state index in [1.54, 1.807) is 12.2 Å². The van der Waals surface area contributed by atoms with Gasteiger partial charge in [-0.1, -0.05) is 149 Å². The van der Waals surface area contributed by atoms with E-state index in [0.29, 0.717) is 19.5 Å². The van der Waals surface area contributed by atoms with Gasteiger partial charge in [0.2, 0.25) is 11.8 Å². The van der Waals surface area contributed by atoms with Crippen LogP contribution in [0, 0.1) is 11.8 Å². The van der Waals surface area contributed by atoms with Crippen molar-refractivity contribution < 1.29 is 24.3 Å². The minimum atomic E-state index is -0.994. The molecule has 0 aliphatic heterocycles. The molecule has 0 unspecified atom stereocenters. The quantitative estimate of drug-likeness (QED) is 0.0908. The van der Waals surface area contributed by atoms with Crippen molar-refractivity contribution in [3.63, 3.8) is 0 Å². The molecule has 6 aromatic rings. The number of carbonyl (C=O) groups excluding carboxylic acids is 3. The average Bonchev–Trinajstić information content (AvgIpc) is 3.43. The van der Waals surface area contributed by atoms with E-state index in [9.17, 15) is 19.2 Å². The summed E-state index contributed by atoms with van der Waals surface area (Å²) in [4.78, 5) is 58.2. The molecule has 0 heterocycles. The minimum absolute atomic E-state index is 0.0338.